The van der Waals surface area contributed by atoms with Crippen LogP contribution in [-0.4, -0.2) is 35.1 Å². The second kappa shape index (κ2) is 8.69. The third-order valence-corrected chi connectivity index (χ3v) is 5.55. The maximum atomic E-state index is 14.3. The van der Waals surface area contributed by atoms with E-state index in [9.17, 15) is 9.18 Å². The van der Waals surface area contributed by atoms with Crippen molar-refractivity contribution in [2.24, 2.45) is 0 Å². The number of carbonyl (C=O) groups excluding carboxylic acids is 1. The number of hydrogen-bond donors (Lipinski definition) is 0. The molecule has 4 rings (SSSR count). The number of rotatable bonds is 8. The number of carbonyl (C=O) groups is 1. The Bertz CT molecular complexity index is 1010. The van der Waals surface area contributed by atoms with Crippen LogP contribution in [0.25, 0.3) is 11.3 Å². The second-order valence-electron chi connectivity index (χ2n) is 7.50. The van der Waals surface area contributed by atoms with Crippen LogP contribution in [0.2, 0.25) is 0 Å². The molecule has 0 N–H and O–H groups in total. The van der Waals surface area contributed by atoms with Gasteiger partial charge in [-0.25, -0.2) is 4.39 Å². The molecule has 1 saturated carbocycles. The van der Waals surface area contributed by atoms with Gasteiger partial charge >= 0.3 is 0 Å². The summed E-state index contributed by atoms with van der Waals surface area (Å²) >= 11 is 0. The van der Waals surface area contributed by atoms with E-state index in [1.54, 1.807) is 23.1 Å². The Morgan fingerprint density at radius 2 is 1.73 bits per heavy atom. The van der Waals surface area contributed by atoms with E-state index >= 15 is 0 Å². The molecule has 156 valence electrons. The normalized spacial score (nSPS) is 13.3. The predicted molar refractivity (Wildman–Crippen MR) is 115 cm³/mol. The van der Waals surface area contributed by atoms with Crippen LogP contribution in [0.15, 0.2) is 59.1 Å². The lowest BCUT2D eigenvalue weighted by Gasteiger charge is -2.25. The molecule has 1 amide bonds. The van der Waals surface area contributed by atoms with E-state index in [0.717, 1.165) is 42.8 Å². The van der Waals surface area contributed by atoms with E-state index in [1.807, 2.05) is 30.3 Å². The van der Waals surface area contributed by atoms with Crippen LogP contribution in [-0.2, 0) is 6.54 Å². The molecule has 1 fully saturated rings. The van der Waals surface area contributed by atoms with Crippen LogP contribution >= 0.6 is 0 Å². The first-order valence-corrected chi connectivity index (χ1v) is 10.5. The number of nitrogens with zero attached hydrogens (tertiary/aromatic N) is 3. The van der Waals surface area contributed by atoms with E-state index in [-0.39, 0.29) is 17.5 Å². The molecular formula is C24H26FN3O2. The fraction of sp³-hybridized carbons (Fsp3) is 0.333. The van der Waals surface area contributed by atoms with Gasteiger partial charge in [0.05, 0.1) is 17.7 Å². The van der Waals surface area contributed by atoms with Crippen molar-refractivity contribution < 1.29 is 13.7 Å². The summed E-state index contributed by atoms with van der Waals surface area (Å²) < 4.78 is 20.1. The highest BCUT2D eigenvalue weighted by atomic mass is 19.1. The van der Waals surface area contributed by atoms with Crippen LogP contribution in [0.5, 0.6) is 0 Å². The molecule has 30 heavy (non-hydrogen) atoms. The molecule has 1 aliphatic rings. The lowest BCUT2D eigenvalue weighted by molar-refractivity contribution is 0.0725. The Morgan fingerprint density at radius 3 is 2.37 bits per heavy atom. The van der Waals surface area contributed by atoms with Crippen LogP contribution in [0.3, 0.4) is 0 Å². The smallest absolute Gasteiger partial charge is 0.257 e. The number of amides is 1. The lowest BCUT2D eigenvalue weighted by Crippen LogP contribution is -2.34. The van der Waals surface area contributed by atoms with Gasteiger partial charge in [-0.3, -0.25) is 4.79 Å². The molecule has 5 nitrogen and oxygen atoms in total. The maximum Gasteiger partial charge on any atom is 0.257 e. The van der Waals surface area contributed by atoms with Crippen molar-refractivity contribution >= 4 is 11.8 Å². The fourth-order valence-electron chi connectivity index (χ4n) is 3.74. The maximum absolute atomic E-state index is 14.3. The molecule has 0 unspecified atom stereocenters. The van der Waals surface area contributed by atoms with Gasteiger partial charge in [0.1, 0.15) is 11.5 Å². The summed E-state index contributed by atoms with van der Waals surface area (Å²) in [6, 6.07) is 16.1. The average molecular weight is 407 g/mol. The van der Waals surface area contributed by atoms with Crippen molar-refractivity contribution in [3.05, 3.63) is 71.5 Å². The molecule has 6 heteroatoms. The zero-order valence-electron chi connectivity index (χ0n) is 17.3. The lowest BCUT2D eigenvalue weighted by atomic mass is 10.1. The summed E-state index contributed by atoms with van der Waals surface area (Å²) in [5.41, 5.74) is 2.63. The molecule has 1 aromatic heterocycles. The van der Waals surface area contributed by atoms with Crippen LogP contribution in [0.4, 0.5) is 10.3 Å². The highest BCUT2D eigenvalue weighted by Gasteiger charge is 2.36. The van der Waals surface area contributed by atoms with Gasteiger partial charge in [-0.05, 0) is 38.8 Å². The second-order valence-corrected chi connectivity index (χ2v) is 7.50. The standard InChI is InChI=1S/C24H26FN3O2/c1-3-27(4-2)24-20(22(26-30-24)17-10-6-5-7-11-17)16-28(18-14-15-18)23(29)19-12-8-9-13-21(19)25/h5-13,18H,3-4,14-16H2,1-2H3. The Hall–Kier alpha value is -3.15. The minimum atomic E-state index is -0.495. The molecule has 0 saturated heterocycles. The topological polar surface area (TPSA) is 49.6 Å². The van der Waals surface area contributed by atoms with E-state index in [1.165, 1.54) is 6.07 Å². The molecule has 0 bridgehead atoms. The third-order valence-electron chi connectivity index (χ3n) is 5.55. The Morgan fingerprint density at radius 1 is 1.07 bits per heavy atom. The van der Waals surface area contributed by atoms with Crippen LogP contribution in [0, 0.1) is 5.82 Å². The fourth-order valence-corrected chi connectivity index (χ4v) is 3.74. The predicted octanol–water partition coefficient (Wildman–Crippen LogP) is 5.13. The molecule has 1 aliphatic carbocycles. The van der Waals surface area contributed by atoms with Crippen LogP contribution in [0.1, 0.15) is 42.6 Å². The first-order valence-electron chi connectivity index (χ1n) is 10.5. The quantitative estimate of drug-likeness (QED) is 0.519. The van der Waals surface area contributed by atoms with E-state index in [0.29, 0.717) is 12.4 Å². The minimum absolute atomic E-state index is 0.103. The molecule has 2 aromatic carbocycles. The van der Waals surface area contributed by atoms with Crippen molar-refractivity contribution in [2.45, 2.75) is 39.3 Å². The molecule has 0 radical (unpaired) electrons. The van der Waals surface area contributed by atoms with Gasteiger partial charge in [-0.1, -0.05) is 47.6 Å². The zero-order valence-corrected chi connectivity index (χ0v) is 17.3. The van der Waals surface area contributed by atoms with Crippen molar-refractivity contribution in [3.63, 3.8) is 0 Å². The van der Waals surface area contributed by atoms with Gasteiger partial charge in [0.15, 0.2) is 0 Å². The van der Waals surface area contributed by atoms with E-state index < -0.39 is 5.82 Å². The number of hydrogen-bond acceptors (Lipinski definition) is 4. The Kier molecular flexibility index (Phi) is 5.84. The van der Waals surface area contributed by atoms with Gasteiger partial charge in [0.2, 0.25) is 5.88 Å². The number of aromatic nitrogens is 1. The summed E-state index contributed by atoms with van der Waals surface area (Å²) in [5.74, 6) is -0.113. The SMILES string of the molecule is CCN(CC)c1onc(-c2ccccc2)c1CN(C(=O)c1ccccc1F)C1CC1. The molecule has 0 atom stereocenters. The summed E-state index contributed by atoms with van der Waals surface area (Å²) in [6.07, 6.45) is 1.85. The zero-order chi connectivity index (χ0) is 21.1. The highest BCUT2D eigenvalue weighted by Crippen LogP contribution is 2.36. The first kappa shape index (κ1) is 20.1. The summed E-state index contributed by atoms with van der Waals surface area (Å²) in [7, 11) is 0. The molecule has 0 spiro atoms. The molecule has 3 aromatic rings. The summed E-state index contributed by atoms with van der Waals surface area (Å²) in [6.45, 7) is 5.97. The van der Waals surface area contributed by atoms with Gasteiger partial charge in [0.25, 0.3) is 5.91 Å². The van der Waals surface area contributed by atoms with Crippen molar-refractivity contribution in [3.8, 4) is 11.3 Å². The molecule has 0 aliphatic heterocycles. The monoisotopic (exact) mass is 407 g/mol. The Balaban J connectivity index is 1.75. The minimum Gasteiger partial charge on any atom is -0.341 e. The summed E-state index contributed by atoms with van der Waals surface area (Å²) in [5, 5.41) is 4.36. The van der Waals surface area contributed by atoms with Gasteiger partial charge < -0.3 is 14.3 Å². The van der Waals surface area contributed by atoms with Crippen molar-refractivity contribution in [2.75, 3.05) is 18.0 Å². The Labute approximate surface area is 176 Å². The van der Waals surface area contributed by atoms with Gasteiger partial charge in [-0.15, -0.1) is 0 Å². The van der Waals surface area contributed by atoms with Gasteiger partial charge in [-0.2, -0.15) is 0 Å². The summed E-state index contributed by atoms with van der Waals surface area (Å²) in [4.78, 5) is 17.1. The van der Waals surface area contributed by atoms with Gasteiger partial charge in [0, 0.05) is 24.7 Å². The number of benzene rings is 2. The van der Waals surface area contributed by atoms with Crippen molar-refractivity contribution in [1.82, 2.24) is 10.1 Å². The van der Waals surface area contributed by atoms with E-state index in [2.05, 4.69) is 23.9 Å². The van der Waals surface area contributed by atoms with E-state index in [4.69, 9.17) is 4.52 Å². The molecular weight excluding hydrogens is 381 g/mol. The first-order chi connectivity index (χ1) is 14.6. The average Bonchev–Trinajstić information content (AvgIpc) is 3.54. The number of halogens is 1. The third kappa shape index (κ3) is 3.95. The van der Waals surface area contributed by atoms with Crippen molar-refractivity contribution in [1.29, 1.82) is 0 Å². The highest BCUT2D eigenvalue weighted by molar-refractivity contribution is 5.95. The largest absolute Gasteiger partial charge is 0.341 e. The number of anilines is 1. The van der Waals surface area contributed by atoms with Crippen LogP contribution < -0.4 is 4.90 Å². The molecule has 1 heterocycles.